The molecule has 1 amide bonds. The van der Waals surface area contributed by atoms with Crippen LogP contribution in [0.5, 0.6) is 5.75 Å². The van der Waals surface area contributed by atoms with Gasteiger partial charge in [-0.3, -0.25) is 4.79 Å². The van der Waals surface area contributed by atoms with Crippen molar-refractivity contribution in [3.63, 3.8) is 0 Å². The van der Waals surface area contributed by atoms with Crippen molar-refractivity contribution in [1.82, 2.24) is 20.1 Å². The van der Waals surface area contributed by atoms with E-state index < -0.39 is 0 Å². The molecule has 0 saturated carbocycles. The second-order valence-electron chi connectivity index (χ2n) is 6.73. The van der Waals surface area contributed by atoms with Crippen LogP contribution in [0.1, 0.15) is 0 Å². The molecule has 9 heteroatoms. The first-order valence-electron chi connectivity index (χ1n) is 9.60. The van der Waals surface area contributed by atoms with E-state index in [-0.39, 0.29) is 18.3 Å². The van der Waals surface area contributed by atoms with Crippen molar-refractivity contribution in [2.45, 2.75) is 0 Å². The molecule has 3 heterocycles. The van der Waals surface area contributed by atoms with Gasteiger partial charge in [0.1, 0.15) is 17.4 Å². The van der Waals surface area contributed by atoms with Crippen LogP contribution in [0, 0.1) is 5.82 Å². The van der Waals surface area contributed by atoms with E-state index in [4.69, 9.17) is 4.74 Å². The maximum atomic E-state index is 12.9. The second kappa shape index (κ2) is 9.17. The molecule has 0 aliphatic carbocycles. The summed E-state index contributed by atoms with van der Waals surface area (Å²) < 4.78 is 18.4. The molecule has 30 heavy (non-hydrogen) atoms. The fourth-order valence-corrected chi connectivity index (χ4v) is 3.08. The number of amides is 1. The molecule has 1 saturated heterocycles. The van der Waals surface area contributed by atoms with Crippen molar-refractivity contribution in [2.24, 2.45) is 0 Å². The first-order chi connectivity index (χ1) is 14.7. The van der Waals surface area contributed by atoms with Gasteiger partial charge in [0.25, 0.3) is 5.91 Å². The number of halogens is 1. The minimum atomic E-state index is -0.339. The standard InChI is InChI=1S/C21H21FN6O2/c22-16-4-6-17(7-5-16)30-15-21(29)28-13-11-27(12-14-28)20-9-8-19(25-26-20)24-18-3-1-2-10-23-18/h1-10H,11-15H2,(H,23,24,25). The van der Waals surface area contributed by atoms with E-state index in [1.807, 2.05) is 30.3 Å². The van der Waals surface area contributed by atoms with Crippen LogP contribution < -0.4 is 15.0 Å². The van der Waals surface area contributed by atoms with Crippen molar-refractivity contribution in [1.29, 1.82) is 0 Å². The van der Waals surface area contributed by atoms with Crippen LogP contribution in [0.3, 0.4) is 0 Å². The average molecular weight is 408 g/mol. The van der Waals surface area contributed by atoms with Gasteiger partial charge in [-0.05, 0) is 48.5 Å². The van der Waals surface area contributed by atoms with E-state index in [0.29, 0.717) is 43.6 Å². The molecule has 0 spiro atoms. The lowest BCUT2D eigenvalue weighted by Gasteiger charge is -2.35. The average Bonchev–Trinajstić information content (AvgIpc) is 2.80. The van der Waals surface area contributed by atoms with Crippen molar-refractivity contribution < 1.29 is 13.9 Å². The van der Waals surface area contributed by atoms with E-state index in [9.17, 15) is 9.18 Å². The molecule has 0 atom stereocenters. The van der Waals surface area contributed by atoms with Crippen LogP contribution in [-0.2, 0) is 4.79 Å². The van der Waals surface area contributed by atoms with Crippen LogP contribution >= 0.6 is 0 Å². The van der Waals surface area contributed by atoms with Gasteiger partial charge in [-0.2, -0.15) is 0 Å². The van der Waals surface area contributed by atoms with E-state index in [1.165, 1.54) is 24.3 Å². The molecule has 0 bridgehead atoms. The number of nitrogens with one attached hydrogen (secondary N) is 1. The maximum absolute atomic E-state index is 12.9. The first kappa shape index (κ1) is 19.6. The zero-order valence-electron chi connectivity index (χ0n) is 16.2. The lowest BCUT2D eigenvalue weighted by molar-refractivity contribution is -0.133. The Morgan fingerprint density at radius 2 is 1.77 bits per heavy atom. The lowest BCUT2D eigenvalue weighted by Crippen LogP contribution is -2.50. The Bertz CT molecular complexity index is 961. The molecule has 154 valence electrons. The number of ether oxygens (including phenoxy) is 1. The minimum Gasteiger partial charge on any atom is -0.484 e. The molecule has 0 unspecified atom stereocenters. The number of hydrogen-bond donors (Lipinski definition) is 1. The van der Waals surface area contributed by atoms with Gasteiger partial charge in [0.15, 0.2) is 18.2 Å². The summed E-state index contributed by atoms with van der Waals surface area (Å²) in [7, 11) is 0. The summed E-state index contributed by atoms with van der Waals surface area (Å²) in [5.74, 6) is 2.11. The molecule has 1 aliphatic rings. The zero-order valence-corrected chi connectivity index (χ0v) is 16.2. The Morgan fingerprint density at radius 1 is 0.967 bits per heavy atom. The Kier molecular flexibility index (Phi) is 5.98. The van der Waals surface area contributed by atoms with Crippen LogP contribution in [0.25, 0.3) is 0 Å². The van der Waals surface area contributed by atoms with Crippen LogP contribution in [-0.4, -0.2) is 58.8 Å². The van der Waals surface area contributed by atoms with Gasteiger partial charge in [-0.1, -0.05) is 6.07 Å². The van der Waals surface area contributed by atoms with Gasteiger partial charge >= 0.3 is 0 Å². The fraction of sp³-hybridized carbons (Fsp3) is 0.238. The second-order valence-corrected chi connectivity index (χ2v) is 6.73. The lowest BCUT2D eigenvalue weighted by atomic mass is 10.3. The fourth-order valence-electron chi connectivity index (χ4n) is 3.08. The summed E-state index contributed by atoms with van der Waals surface area (Å²) in [6.45, 7) is 2.38. The van der Waals surface area contributed by atoms with Gasteiger partial charge in [-0.15, -0.1) is 10.2 Å². The minimum absolute atomic E-state index is 0.0701. The Morgan fingerprint density at radius 3 is 2.43 bits per heavy atom. The molecular weight excluding hydrogens is 387 g/mol. The molecule has 1 fully saturated rings. The third-order valence-electron chi connectivity index (χ3n) is 4.70. The highest BCUT2D eigenvalue weighted by Gasteiger charge is 2.22. The number of nitrogens with zero attached hydrogens (tertiary/aromatic N) is 5. The predicted octanol–water partition coefficient (Wildman–Crippen LogP) is 2.48. The number of carbonyl (C=O) groups is 1. The molecular formula is C21H21FN6O2. The number of anilines is 3. The number of benzene rings is 1. The zero-order chi connectivity index (χ0) is 20.8. The Hall–Kier alpha value is -3.75. The van der Waals surface area contributed by atoms with Gasteiger partial charge in [0, 0.05) is 32.4 Å². The smallest absolute Gasteiger partial charge is 0.260 e. The van der Waals surface area contributed by atoms with Crippen LogP contribution in [0.2, 0.25) is 0 Å². The largest absolute Gasteiger partial charge is 0.484 e. The Labute approximate surface area is 173 Å². The van der Waals surface area contributed by atoms with Crippen LogP contribution in [0.15, 0.2) is 60.8 Å². The first-order valence-corrected chi connectivity index (χ1v) is 9.60. The number of piperazine rings is 1. The summed E-state index contributed by atoms with van der Waals surface area (Å²) in [5, 5.41) is 11.6. The van der Waals surface area contributed by atoms with Crippen molar-refractivity contribution >= 4 is 23.4 Å². The highest BCUT2D eigenvalue weighted by Crippen LogP contribution is 2.17. The molecule has 1 aromatic carbocycles. The monoisotopic (exact) mass is 408 g/mol. The number of hydrogen-bond acceptors (Lipinski definition) is 7. The summed E-state index contributed by atoms with van der Waals surface area (Å²) in [4.78, 5) is 20.4. The van der Waals surface area contributed by atoms with E-state index in [0.717, 1.165) is 5.82 Å². The Balaban J connectivity index is 1.25. The molecule has 3 aromatic rings. The quantitative estimate of drug-likeness (QED) is 0.671. The third-order valence-corrected chi connectivity index (χ3v) is 4.70. The highest BCUT2D eigenvalue weighted by molar-refractivity contribution is 5.78. The normalized spacial score (nSPS) is 13.8. The van der Waals surface area contributed by atoms with Crippen molar-refractivity contribution in [2.75, 3.05) is 43.0 Å². The number of pyridine rings is 1. The van der Waals surface area contributed by atoms with E-state index in [1.54, 1.807) is 11.1 Å². The van der Waals surface area contributed by atoms with Gasteiger partial charge in [0.2, 0.25) is 0 Å². The van der Waals surface area contributed by atoms with Gasteiger partial charge < -0.3 is 19.9 Å². The van der Waals surface area contributed by atoms with E-state index in [2.05, 4.69) is 25.4 Å². The third kappa shape index (κ3) is 4.99. The highest BCUT2D eigenvalue weighted by atomic mass is 19.1. The summed E-state index contributed by atoms with van der Waals surface area (Å²) in [6, 6.07) is 15.0. The van der Waals surface area contributed by atoms with E-state index >= 15 is 0 Å². The maximum Gasteiger partial charge on any atom is 0.260 e. The predicted molar refractivity (Wildman–Crippen MR) is 110 cm³/mol. The van der Waals surface area contributed by atoms with Gasteiger partial charge in [-0.25, -0.2) is 9.37 Å². The molecule has 1 aliphatic heterocycles. The van der Waals surface area contributed by atoms with Gasteiger partial charge in [0.05, 0.1) is 0 Å². The molecule has 8 nitrogen and oxygen atoms in total. The van der Waals surface area contributed by atoms with Crippen molar-refractivity contribution in [3.05, 3.63) is 66.6 Å². The number of carbonyl (C=O) groups excluding carboxylic acids is 1. The number of rotatable bonds is 6. The number of aromatic nitrogens is 3. The summed E-state index contributed by atoms with van der Waals surface area (Å²) in [5.41, 5.74) is 0. The molecule has 1 N–H and O–H groups in total. The molecule has 0 radical (unpaired) electrons. The summed E-state index contributed by atoms with van der Waals surface area (Å²) in [6.07, 6.45) is 1.70. The molecule has 4 rings (SSSR count). The summed E-state index contributed by atoms with van der Waals surface area (Å²) >= 11 is 0. The van der Waals surface area contributed by atoms with Crippen molar-refractivity contribution in [3.8, 4) is 5.75 Å². The molecule has 2 aromatic heterocycles. The SMILES string of the molecule is O=C(COc1ccc(F)cc1)N1CCN(c2ccc(Nc3ccccn3)nn2)CC1. The van der Waals surface area contributed by atoms with Crippen LogP contribution in [0.4, 0.5) is 21.8 Å². The topological polar surface area (TPSA) is 83.5 Å².